The van der Waals surface area contributed by atoms with Gasteiger partial charge in [-0.05, 0) is 67.0 Å². The molecule has 0 aliphatic carbocycles. The summed E-state index contributed by atoms with van der Waals surface area (Å²) in [4.78, 5) is 46.8. The Bertz CT molecular complexity index is 1860. The number of likely N-dealkylation sites (tertiary alicyclic amines) is 1. The monoisotopic (exact) mass is 690 g/mol. The fraction of sp³-hybridized carbons (Fsp3) is 0.417. The number of rotatable bonds is 11. The first-order valence-electron chi connectivity index (χ1n) is 16.2. The fourth-order valence-corrected chi connectivity index (χ4v) is 7.08. The highest BCUT2D eigenvalue weighted by Gasteiger charge is 2.36. The molecule has 10 nitrogen and oxygen atoms in total. The molecule has 3 heterocycles. The molecule has 0 bridgehead atoms. The first-order chi connectivity index (χ1) is 23.3. The van der Waals surface area contributed by atoms with Gasteiger partial charge in [-0.25, -0.2) is 18.6 Å². The molecule has 1 saturated heterocycles. The zero-order valence-corrected chi connectivity index (χ0v) is 28.7. The number of imidazole rings is 1. The summed E-state index contributed by atoms with van der Waals surface area (Å²) in [5.41, 5.74) is 2.44. The standard InChI is InChI=1S/C36H40F2N6O4S/c1-22(36(2,3)4)44(35(47)48)28(19-23-9-6-5-7-10-23)24-12-13-27-26(20-24)40-34(41-33(46)30-15-14-29(49-30)32(37)38)43(27)21-25-11-8-18-42(25)31(45)16-17-39/h5-7,9-10,12-15,20,22,25,28,32H,8,11,16,18-19,21H2,1-4H3,(H,47,48)(H,40,41,46)/t22-,25+,28?/m0/s1. The minimum atomic E-state index is -2.70. The number of nitrogens with zero attached hydrogens (tertiary/aromatic N) is 5. The van der Waals surface area contributed by atoms with Crippen molar-refractivity contribution in [2.75, 3.05) is 11.9 Å². The van der Waals surface area contributed by atoms with Crippen LogP contribution >= 0.6 is 11.3 Å². The molecule has 0 radical (unpaired) electrons. The molecule has 2 aromatic heterocycles. The molecule has 49 heavy (non-hydrogen) atoms. The molecule has 0 spiro atoms. The molecule has 5 rings (SSSR count). The van der Waals surface area contributed by atoms with Gasteiger partial charge in [0.05, 0.1) is 32.9 Å². The van der Waals surface area contributed by atoms with E-state index in [4.69, 9.17) is 10.2 Å². The van der Waals surface area contributed by atoms with E-state index in [1.165, 1.54) is 17.0 Å². The number of amides is 3. The molecular weight excluding hydrogens is 650 g/mol. The van der Waals surface area contributed by atoms with Gasteiger partial charge in [0.25, 0.3) is 12.3 Å². The predicted octanol–water partition coefficient (Wildman–Crippen LogP) is 7.89. The quantitative estimate of drug-likeness (QED) is 0.165. The highest BCUT2D eigenvalue weighted by atomic mass is 32.1. The minimum Gasteiger partial charge on any atom is -0.465 e. The number of aromatic nitrogens is 2. The molecule has 1 aliphatic rings. The number of anilines is 1. The zero-order valence-electron chi connectivity index (χ0n) is 27.9. The third kappa shape index (κ3) is 7.91. The number of halogens is 2. The number of benzene rings is 2. The van der Waals surface area contributed by atoms with Crippen LogP contribution in [0.4, 0.5) is 19.5 Å². The summed E-state index contributed by atoms with van der Waals surface area (Å²) in [5, 5.41) is 22.5. The van der Waals surface area contributed by atoms with E-state index in [0.29, 0.717) is 47.3 Å². The molecule has 13 heteroatoms. The summed E-state index contributed by atoms with van der Waals surface area (Å²) in [5.74, 6) is -0.706. The van der Waals surface area contributed by atoms with Crippen LogP contribution in [-0.2, 0) is 17.8 Å². The van der Waals surface area contributed by atoms with Crippen molar-refractivity contribution in [2.24, 2.45) is 5.41 Å². The van der Waals surface area contributed by atoms with Crippen LogP contribution in [0.3, 0.4) is 0 Å². The largest absolute Gasteiger partial charge is 0.465 e. The topological polar surface area (TPSA) is 132 Å². The Balaban J connectivity index is 1.59. The van der Waals surface area contributed by atoms with E-state index in [0.717, 1.165) is 12.0 Å². The van der Waals surface area contributed by atoms with Crippen molar-refractivity contribution >= 4 is 46.2 Å². The molecule has 3 atom stereocenters. The summed E-state index contributed by atoms with van der Waals surface area (Å²) >= 11 is 0.698. The van der Waals surface area contributed by atoms with Gasteiger partial charge in [-0.1, -0.05) is 57.2 Å². The van der Waals surface area contributed by atoms with E-state index in [2.05, 4.69) is 5.32 Å². The number of thiophene rings is 1. The number of nitrogens with one attached hydrogen (secondary N) is 1. The lowest BCUT2D eigenvalue weighted by atomic mass is 9.84. The third-order valence-corrected chi connectivity index (χ3v) is 10.4. The van der Waals surface area contributed by atoms with Gasteiger partial charge >= 0.3 is 6.09 Å². The lowest BCUT2D eigenvalue weighted by Crippen LogP contribution is -2.47. The number of hydrogen-bond donors (Lipinski definition) is 2. The summed E-state index contributed by atoms with van der Waals surface area (Å²) in [6, 6.07) is 18.5. The van der Waals surface area contributed by atoms with Gasteiger partial charge in [-0.2, -0.15) is 5.26 Å². The van der Waals surface area contributed by atoms with E-state index in [1.54, 1.807) is 9.47 Å². The minimum absolute atomic E-state index is 0.0949. The van der Waals surface area contributed by atoms with Gasteiger partial charge in [-0.3, -0.25) is 19.8 Å². The molecule has 1 aliphatic heterocycles. The highest BCUT2D eigenvalue weighted by molar-refractivity contribution is 7.14. The summed E-state index contributed by atoms with van der Waals surface area (Å²) in [6.45, 7) is 8.67. The Labute approximate surface area is 288 Å². The van der Waals surface area contributed by atoms with Crippen LogP contribution in [0.2, 0.25) is 0 Å². The molecular formula is C36H40F2N6O4S. The van der Waals surface area contributed by atoms with Gasteiger partial charge in [0.1, 0.15) is 6.42 Å². The smallest absolute Gasteiger partial charge is 0.408 e. The van der Waals surface area contributed by atoms with E-state index in [-0.39, 0.29) is 52.1 Å². The van der Waals surface area contributed by atoms with Crippen LogP contribution in [0.15, 0.2) is 60.7 Å². The van der Waals surface area contributed by atoms with E-state index in [1.807, 2.05) is 82.3 Å². The summed E-state index contributed by atoms with van der Waals surface area (Å²) in [6.07, 6.45) is -2.15. The average Bonchev–Trinajstić information content (AvgIpc) is 3.80. The fourth-order valence-electron chi connectivity index (χ4n) is 6.32. The number of carboxylic acid groups (broad SMARTS) is 1. The van der Waals surface area contributed by atoms with Crippen LogP contribution in [-0.4, -0.2) is 61.0 Å². The maximum atomic E-state index is 13.3. The normalized spacial score (nSPS) is 16.0. The van der Waals surface area contributed by atoms with E-state index >= 15 is 0 Å². The molecule has 1 fully saturated rings. The van der Waals surface area contributed by atoms with Gasteiger partial charge in [0.15, 0.2) is 0 Å². The number of carbonyl (C=O) groups is 3. The predicted molar refractivity (Wildman–Crippen MR) is 184 cm³/mol. The van der Waals surface area contributed by atoms with Crippen molar-refractivity contribution < 1.29 is 28.3 Å². The Morgan fingerprint density at radius 1 is 1.14 bits per heavy atom. The SMILES string of the molecule is C[C@H](N(C(=O)O)C(Cc1ccccc1)c1ccc2c(c1)nc(NC(=O)c1ccc(C(F)F)s1)n2C[C@H]1CCCN1C(=O)CC#N)C(C)(C)C. The van der Waals surface area contributed by atoms with Gasteiger partial charge in [0, 0.05) is 25.2 Å². The summed E-state index contributed by atoms with van der Waals surface area (Å²) < 4.78 is 28.4. The Kier molecular flexibility index (Phi) is 10.7. The molecule has 258 valence electrons. The van der Waals surface area contributed by atoms with Crippen molar-refractivity contribution in [3.8, 4) is 6.07 Å². The van der Waals surface area contributed by atoms with Crippen LogP contribution in [0.1, 0.15) is 85.1 Å². The third-order valence-electron chi connectivity index (χ3n) is 9.27. The molecule has 2 N–H and O–H groups in total. The van der Waals surface area contributed by atoms with Crippen LogP contribution in [0, 0.1) is 16.7 Å². The molecule has 1 unspecified atom stereocenters. The first-order valence-corrected chi connectivity index (χ1v) is 17.0. The Morgan fingerprint density at radius 3 is 2.51 bits per heavy atom. The Morgan fingerprint density at radius 2 is 1.88 bits per heavy atom. The molecule has 3 amide bonds. The molecule has 2 aromatic carbocycles. The maximum Gasteiger partial charge on any atom is 0.408 e. The van der Waals surface area contributed by atoms with Gasteiger partial charge in [0.2, 0.25) is 11.9 Å². The van der Waals surface area contributed by atoms with Crippen LogP contribution < -0.4 is 5.32 Å². The first kappa shape index (κ1) is 35.5. The van der Waals surface area contributed by atoms with Crippen LogP contribution in [0.5, 0.6) is 0 Å². The van der Waals surface area contributed by atoms with Crippen molar-refractivity contribution in [1.82, 2.24) is 19.4 Å². The lowest BCUT2D eigenvalue weighted by molar-refractivity contribution is -0.131. The maximum absolute atomic E-state index is 13.3. The van der Waals surface area contributed by atoms with Gasteiger partial charge < -0.3 is 14.6 Å². The highest BCUT2D eigenvalue weighted by Crippen LogP contribution is 2.36. The number of fused-ring (bicyclic) bond motifs is 1. The number of carbonyl (C=O) groups excluding carboxylic acids is 2. The Hall–Kier alpha value is -4.83. The molecule has 4 aromatic rings. The van der Waals surface area contributed by atoms with Crippen LogP contribution in [0.25, 0.3) is 11.0 Å². The number of nitriles is 1. The second-order valence-corrected chi connectivity index (χ2v) is 14.5. The van der Waals surface area contributed by atoms with Gasteiger partial charge in [-0.15, -0.1) is 11.3 Å². The summed E-state index contributed by atoms with van der Waals surface area (Å²) in [7, 11) is 0. The average molecular weight is 691 g/mol. The second-order valence-electron chi connectivity index (χ2n) is 13.4. The van der Waals surface area contributed by atoms with Crippen molar-refractivity contribution in [3.63, 3.8) is 0 Å². The second kappa shape index (κ2) is 14.7. The van der Waals surface area contributed by atoms with Crippen molar-refractivity contribution in [2.45, 2.75) is 84.5 Å². The number of alkyl halides is 2. The van der Waals surface area contributed by atoms with Crippen molar-refractivity contribution in [1.29, 1.82) is 5.26 Å². The molecule has 0 saturated carbocycles. The van der Waals surface area contributed by atoms with E-state index in [9.17, 15) is 28.3 Å². The van der Waals surface area contributed by atoms with Crippen molar-refractivity contribution in [3.05, 3.63) is 81.5 Å². The zero-order chi connectivity index (χ0) is 35.5. The lowest BCUT2D eigenvalue weighted by Gasteiger charge is -2.41. The van der Waals surface area contributed by atoms with E-state index < -0.39 is 24.5 Å². The number of hydrogen-bond acceptors (Lipinski definition) is 6.